The van der Waals surface area contributed by atoms with Gasteiger partial charge in [0.25, 0.3) is 0 Å². The summed E-state index contributed by atoms with van der Waals surface area (Å²) >= 11 is 0. The van der Waals surface area contributed by atoms with Crippen molar-refractivity contribution >= 4 is 11.6 Å². The fourth-order valence-electron chi connectivity index (χ4n) is 2.68. The molecule has 1 aliphatic rings. The summed E-state index contributed by atoms with van der Waals surface area (Å²) in [4.78, 5) is 12.5. The van der Waals surface area contributed by atoms with Gasteiger partial charge in [0.1, 0.15) is 16.9 Å². The van der Waals surface area contributed by atoms with E-state index in [1.165, 1.54) is 0 Å². The Balaban J connectivity index is 2.20. The maximum absolute atomic E-state index is 12.5. The first-order valence-corrected chi connectivity index (χ1v) is 7.09. The highest BCUT2D eigenvalue weighted by atomic mass is 16.5. The van der Waals surface area contributed by atoms with E-state index in [9.17, 15) is 10.1 Å². The number of ether oxygens (including phenoxy) is 2. The molecule has 0 heterocycles. The third kappa shape index (κ3) is 3.27. The summed E-state index contributed by atoms with van der Waals surface area (Å²) in [5.41, 5.74) is -0.328. The molecular formula is C16H20N2O3. The SMILES string of the molecule is COc1cc(NC(=O)C2(C#N)CCCCC2)cc(OC)c1. The van der Waals surface area contributed by atoms with Crippen LogP contribution in [0, 0.1) is 16.7 Å². The fourth-order valence-corrected chi connectivity index (χ4v) is 2.68. The van der Waals surface area contributed by atoms with E-state index in [1.807, 2.05) is 0 Å². The van der Waals surface area contributed by atoms with Crippen LogP contribution < -0.4 is 14.8 Å². The first kappa shape index (κ1) is 15.2. The molecular weight excluding hydrogens is 268 g/mol. The minimum Gasteiger partial charge on any atom is -0.497 e. The minimum absolute atomic E-state index is 0.236. The number of methoxy groups -OCH3 is 2. The summed E-state index contributed by atoms with van der Waals surface area (Å²) in [6, 6.07) is 7.39. The molecule has 112 valence electrons. The lowest BCUT2D eigenvalue weighted by Gasteiger charge is -2.29. The number of nitriles is 1. The van der Waals surface area contributed by atoms with Gasteiger partial charge in [0, 0.05) is 23.9 Å². The van der Waals surface area contributed by atoms with Crippen molar-refractivity contribution in [1.29, 1.82) is 5.26 Å². The van der Waals surface area contributed by atoms with E-state index in [2.05, 4.69) is 11.4 Å². The van der Waals surface area contributed by atoms with Crippen molar-refractivity contribution in [2.75, 3.05) is 19.5 Å². The average molecular weight is 288 g/mol. The van der Waals surface area contributed by atoms with Crippen molar-refractivity contribution in [2.45, 2.75) is 32.1 Å². The van der Waals surface area contributed by atoms with E-state index in [-0.39, 0.29) is 5.91 Å². The number of anilines is 1. The summed E-state index contributed by atoms with van der Waals surface area (Å²) in [5, 5.41) is 12.3. The molecule has 1 aromatic rings. The molecule has 0 saturated heterocycles. The number of nitrogens with one attached hydrogen (secondary N) is 1. The number of amides is 1. The smallest absolute Gasteiger partial charge is 0.244 e. The van der Waals surface area contributed by atoms with Crippen molar-refractivity contribution in [1.82, 2.24) is 0 Å². The molecule has 2 rings (SSSR count). The van der Waals surface area contributed by atoms with Crippen LogP contribution in [-0.4, -0.2) is 20.1 Å². The maximum atomic E-state index is 12.5. The third-order valence-corrected chi connectivity index (χ3v) is 3.97. The molecule has 5 heteroatoms. The van der Waals surface area contributed by atoms with Gasteiger partial charge in [-0.3, -0.25) is 4.79 Å². The standard InChI is InChI=1S/C16H20N2O3/c1-20-13-8-12(9-14(10-13)21-2)18-15(19)16(11-17)6-4-3-5-7-16/h8-10H,3-7H2,1-2H3,(H,18,19). The van der Waals surface area contributed by atoms with Gasteiger partial charge in [-0.15, -0.1) is 0 Å². The molecule has 21 heavy (non-hydrogen) atoms. The molecule has 0 unspecified atom stereocenters. The molecule has 1 N–H and O–H groups in total. The van der Waals surface area contributed by atoms with Crippen LogP contribution in [0.4, 0.5) is 5.69 Å². The molecule has 1 fully saturated rings. The summed E-state index contributed by atoms with van der Waals surface area (Å²) in [7, 11) is 3.11. The summed E-state index contributed by atoms with van der Waals surface area (Å²) in [5.74, 6) is 0.957. The Morgan fingerprint density at radius 2 is 1.71 bits per heavy atom. The van der Waals surface area contributed by atoms with Crippen LogP contribution in [0.5, 0.6) is 11.5 Å². The topological polar surface area (TPSA) is 71.3 Å². The van der Waals surface area contributed by atoms with Crippen molar-refractivity contribution in [3.05, 3.63) is 18.2 Å². The predicted molar refractivity (Wildman–Crippen MR) is 79.3 cm³/mol. The Bertz CT molecular complexity index is 535. The number of hydrogen-bond donors (Lipinski definition) is 1. The molecule has 5 nitrogen and oxygen atoms in total. The summed E-state index contributed by atoms with van der Waals surface area (Å²) in [6.45, 7) is 0. The van der Waals surface area contributed by atoms with Gasteiger partial charge < -0.3 is 14.8 Å². The lowest BCUT2D eigenvalue weighted by Crippen LogP contribution is -2.36. The van der Waals surface area contributed by atoms with Gasteiger partial charge in [-0.25, -0.2) is 0 Å². The highest BCUT2D eigenvalue weighted by Crippen LogP contribution is 2.37. The maximum Gasteiger partial charge on any atom is 0.244 e. The lowest BCUT2D eigenvalue weighted by atomic mass is 9.74. The summed E-state index contributed by atoms with van der Waals surface area (Å²) < 4.78 is 10.4. The average Bonchev–Trinajstić information content (AvgIpc) is 2.54. The van der Waals surface area contributed by atoms with Gasteiger partial charge in [-0.2, -0.15) is 5.26 Å². The molecule has 1 aromatic carbocycles. The van der Waals surface area contributed by atoms with Crippen LogP contribution in [0.25, 0.3) is 0 Å². The van der Waals surface area contributed by atoms with Crippen LogP contribution in [0.2, 0.25) is 0 Å². The van der Waals surface area contributed by atoms with E-state index in [0.717, 1.165) is 19.3 Å². The molecule has 0 radical (unpaired) electrons. The first-order chi connectivity index (χ1) is 10.1. The van der Waals surface area contributed by atoms with Crippen LogP contribution in [0.3, 0.4) is 0 Å². The molecule has 1 saturated carbocycles. The fraction of sp³-hybridized carbons (Fsp3) is 0.500. The number of carbonyl (C=O) groups is 1. The predicted octanol–water partition coefficient (Wildman–Crippen LogP) is 3.12. The van der Waals surface area contributed by atoms with Crippen LogP contribution >= 0.6 is 0 Å². The van der Waals surface area contributed by atoms with Gasteiger partial charge in [0.2, 0.25) is 5.91 Å². The van der Waals surface area contributed by atoms with E-state index < -0.39 is 5.41 Å². The Hall–Kier alpha value is -2.22. The molecule has 0 aromatic heterocycles. The highest BCUT2D eigenvalue weighted by molar-refractivity contribution is 5.97. The number of carbonyl (C=O) groups excluding carboxylic acids is 1. The Morgan fingerprint density at radius 1 is 1.14 bits per heavy atom. The van der Waals surface area contributed by atoms with Crippen LogP contribution in [-0.2, 0) is 4.79 Å². The van der Waals surface area contributed by atoms with E-state index in [4.69, 9.17) is 9.47 Å². The second kappa shape index (κ2) is 6.49. The number of benzene rings is 1. The zero-order chi connectivity index (χ0) is 15.3. The van der Waals surface area contributed by atoms with E-state index in [0.29, 0.717) is 30.0 Å². The Labute approximate surface area is 124 Å². The molecule has 1 aliphatic carbocycles. The normalized spacial score (nSPS) is 16.6. The zero-order valence-electron chi connectivity index (χ0n) is 12.4. The Morgan fingerprint density at radius 3 is 2.19 bits per heavy atom. The molecule has 0 aliphatic heterocycles. The second-order valence-electron chi connectivity index (χ2n) is 5.31. The summed E-state index contributed by atoms with van der Waals surface area (Å²) in [6.07, 6.45) is 4.17. The largest absolute Gasteiger partial charge is 0.497 e. The van der Waals surface area contributed by atoms with E-state index in [1.54, 1.807) is 32.4 Å². The van der Waals surface area contributed by atoms with Gasteiger partial charge in [0.15, 0.2) is 0 Å². The molecule has 0 spiro atoms. The van der Waals surface area contributed by atoms with Crippen molar-refractivity contribution < 1.29 is 14.3 Å². The molecule has 1 amide bonds. The Kier molecular flexibility index (Phi) is 4.69. The van der Waals surface area contributed by atoms with Gasteiger partial charge in [0.05, 0.1) is 20.3 Å². The number of nitrogens with zero attached hydrogens (tertiary/aromatic N) is 1. The quantitative estimate of drug-likeness (QED) is 0.924. The highest BCUT2D eigenvalue weighted by Gasteiger charge is 2.39. The minimum atomic E-state index is -0.908. The lowest BCUT2D eigenvalue weighted by molar-refractivity contribution is -0.124. The van der Waals surface area contributed by atoms with Crippen LogP contribution in [0.15, 0.2) is 18.2 Å². The van der Waals surface area contributed by atoms with Crippen LogP contribution in [0.1, 0.15) is 32.1 Å². The monoisotopic (exact) mass is 288 g/mol. The van der Waals surface area contributed by atoms with Gasteiger partial charge in [-0.1, -0.05) is 19.3 Å². The second-order valence-corrected chi connectivity index (χ2v) is 5.31. The first-order valence-electron chi connectivity index (χ1n) is 7.09. The molecule has 0 atom stereocenters. The van der Waals surface area contributed by atoms with Gasteiger partial charge in [-0.05, 0) is 12.8 Å². The third-order valence-electron chi connectivity index (χ3n) is 3.97. The van der Waals surface area contributed by atoms with E-state index >= 15 is 0 Å². The zero-order valence-corrected chi connectivity index (χ0v) is 12.4. The van der Waals surface area contributed by atoms with Crippen molar-refractivity contribution in [3.8, 4) is 17.6 Å². The molecule has 0 bridgehead atoms. The number of hydrogen-bond acceptors (Lipinski definition) is 4. The number of rotatable bonds is 4. The van der Waals surface area contributed by atoms with Gasteiger partial charge >= 0.3 is 0 Å². The van der Waals surface area contributed by atoms with Crippen molar-refractivity contribution in [3.63, 3.8) is 0 Å². The van der Waals surface area contributed by atoms with Crippen molar-refractivity contribution in [2.24, 2.45) is 5.41 Å².